The molecule has 0 fully saturated rings. The number of aromatic nitrogens is 2. The number of anilines is 1. The van der Waals surface area contributed by atoms with Gasteiger partial charge in [0.15, 0.2) is 0 Å². The summed E-state index contributed by atoms with van der Waals surface area (Å²) >= 11 is 0. The first-order valence-corrected chi connectivity index (χ1v) is 9.68. The number of nitrogens with one attached hydrogen (secondary N) is 2. The highest BCUT2D eigenvalue weighted by atomic mass is 16.2. The second-order valence-electron chi connectivity index (χ2n) is 7.65. The minimum Gasteiger partial charge on any atom is -0.378 e. The van der Waals surface area contributed by atoms with E-state index in [1.165, 1.54) is 5.56 Å². The standard InChI is InChI=1S/C23H27N5O/c1-16(2)13-17-5-9-19(10-6-17)21-14-22(26-25-21)23(29)27-24-15-18-7-11-20(12-8-18)28(3)4/h5-12,14-16H,13H2,1-4H3,(H,25,26)(H,27,29). The number of benzene rings is 2. The highest BCUT2D eigenvalue weighted by Gasteiger charge is 2.10. The van der Waals surface area contributed by atoms with Crippen LogP contribution >= 0.6 is 0 Å². The fourth-order valence-corrected chi connectivity index (χ4v) is 2.95. The fraction of sp³-hybridized carbons (Fsp3) is 0.261. The molecule has 0 aliphatic rings. The van der Waals surface area contributed by atoms with E-state index in [1.807, 2.05) is 55.4 Å². The normalized spacial score (nSPS) is 11.2. The number of carbonyl (C=O) groups excluding carboxylic acids is 1. The SMILES string of the molecule is CC(C)Cc1ccc(-c2cc(C(=O)NN=Cc3ccc(N(C)C)cc3)[nH]n2)cc1. The van der Waals surface area contributed by atoms with E-state index in [0.717, 1.165) is 28.9 Å². The van der Waals surface area contributed by atoms with Crippen LogP contribution in [0.3, 0.4) is 0 Å². The number of aromatic amines is 1. The van der Waals surface area contributed by atoms with Crippen molar-refractivity contribution in [2.75, 3.05) is 19.0 Å². The summed E-state index contributed by atoms with van der Waals surface area (Å²) < 4.78 is 0. The quantitative estimate of drug-likeness (QED) is 0.472. The van der Waals surface area contributed by atoms with Gasteiger partial charge in [-0.05, 0) is 41.7 Å². The molecule has 0 bridgehead atoms. The Kier molecular flexibility index (Phi) is 6.44. The van der Waals surface area contributed by atoms with Gasteiger partial charge in [-0.3, -0.25) is 9.89 Å². The Labute approximate surface area is 171 Å². The van der Waals surface area contributed by atoms with E-state index in [0.29, 0.717) is 11.6 Å². The highest BCUT2D eigenvalue weighted by Crippen LogP contribution is 2.19. The number of rotatable bonds is 7. The Morgan fingerprint density at radius 3 is 2.45 bits per heavy atom. The Hall–Kier alpha value is -3.41. The molecule has 1 aromatic heterocycles. The second-order valence-corrected chi connectivity index (χ2v) is 7.65. The van der Waals surface area contributed by atoms with Crippen molar-refractivity contribution in [1.29, 1.82) is 0 Å². The van der Waals surface area contributed by atoms with E-state index in [9.17, 15) is 4.79 Å². The van der Waals surface area contributed by atoms with Crippen molar-refractivity contribution in [3.8, 4) is 11.3 Å². The predicted octanol–water partition coefficient (Wildman–Crippen LogP) is 4.11. The largest absolute Gasteiger partial charge is 0.378 e. The van der Waals surface area contributed by atoms with Gasteiger partial charge in [-0.2, -0.15) is 10.2 Å². The summed E-state index contributed by atoms with van der Waals surface area (Å²) in [6.07, 6.45) is 2.66. The molecule has 0 radical (unpaired) electrons. The molecule has 0 aliphatic carbocycles. The van der Waals surface area contributed by atoms with Crippen LogP contribution in [0.1, 0.15) is 35.5 Å². The first-order chi connectivity index (χ1) is 13.9. The number of hydrazone groups is 1. The van der Waals surface area contributed by atoms with E-state index in [-0.39, 0.29) is 5.91 Å². The lowest BCUT2D eigenvalue weighted by Gasteiger charge is -2.11. The van der Waals surface area contributed by atoms with Crippen molar-refractivity contribution in [3.63, 3.8) is 0 Å². The fourth-order valence-electron chi connectivity index (χ4n) is 2.95. The maximum absolute atomic E-state index is 12.3. The summed E-state index contributed by atoms with van der Waals surface area (Å²) in [4.78, 5) is 14.3. The van der Waals surface area contributed by atoms with E-state index >= 15 is 0 Å². The molecule has 0 unspecified atom stereocenters. The van der Waals surface area contributed by atoms with Crippen molar-refractivity contribution in [3.05, 3.63) is 71.4 Å². The van der Waals surface area contributed by atoms with Crippen LogP contribution in [0.4, 0.5) is 5.69 Å². The lowest BCUT2D eigenvalue weighted by atomic mass is 10.0. The summed E-state index contributed by atoms with van der Waals surface area (Å²) in [5.74, 6) is 0.286. The molecule has 6 nitrogen and oxygen atoms in total. The van der Waals surface area contributed by atoms with Crippen molar-refractivity contribution in [1.82, 2.24) is 15.6 Å². The summed E-state index contributed by atoms with van der Waals surface area (Å²) in [6, 6.07) is 17.9. The van der Waals surface area contributed by atoms with E-state index in [1.54, 1.807) is 12.3 Å². The number of hydrogen-bond acceptors (Lipinski definition) is 4. The third-order valence-corrected chi connectivity index (χ3v) is 4.51. The van der Waals surface area contributed by atoms with Gasteiger partial charge in [0, 0.05) is 25.3 Å². The number of amides is 1. The van der Waals surface area contributed by atoms with Gasteiger partial charge in [0.25, 0.3) is 5.91 Å². The molecule has 0 aliphatic heterocycles. The van der Waals surface area contributed by atoms with E-state index in [4.69, 9.17) is 0 Å². The summed E-state index contributed by atoms with van der Waals surface area (Å²) in [7, 11) is 3.98. The number of carbonyl (C=O) groups is 1. The molecule has 0 saturated carbocycles. The van der Waals surface area contributed by atoms with Gasteiger partial charge >= 0.3 is 0 Å². The smallest absolute Gasteiger partial charge is 0.289 e. The Bertz CT molecular complexity index is 969. The number of hydrogen-bond donors (Lipinski definition) is 2. The second kappa shape index (κ2) is 9.19. The van der Waals surface area contributed by atoms with Gasteiger partial charge in [0.1, 0.15) is 5.69 Å². The van der Waals surface area contributed by atoms with Gasteiger partial charge in [-0.1, -0.05) is 50.2 Å². The average Bonchev–Trinajstić information content (AvgIpc) is 3.19. The minimum atomic E-state index is -0.332. The molecule has 0 spiro atoms. The van der Waals surface area contributed by atoms with Crippen molar-refractivity contribution >= 4 is 17.8 Å². The average molecular weight is 390 g/mol. The topological polar surface area (TPSA) is 73.4 Å². The molecule has 1 heterocycles. The van der Waals surface area contributed by atoms with Crippen LogP contribution in [-0.4, -0.2) is 36.4 Å². The molecular weight excluding hydrogens is 362 g/mol. The molecule has 29 heavy (non-hydrogen) atoms. The molecule has 0 atom stereocenters. The molecule has 150 valence electrons. The van der Waals surface area contributed by atoms with Crippen molar-refractivity contribution < 1.29 is 4.79 Å². The Morgan fingerprint density at radius 1 is 1.14 bits per heavy atom. The molecular formula is C23H27N5O. The van der Waals surface area contributed by atoms with Gasteiger partial charge < -0.3 is 4.90 Å². The molecule has 2 aromatic carbocycles. The third kappa shape index (κ3) is 5.54. The van der Waals surface area contributed by atoms with Crippen LogP contribution in [0.2, 0.25) is 0 Å². The first kappa shape index (κ1) is 20.3. The molecule has 3 aromatic rings. The highest BCUT2D eigenvalue weighted by molar-refractivity contribution is 5.94. The Morgan fingerprint density at radius 2 is 1.83 bits per heavy atom. The zero-order chi connectivity index (χ0) is 20.8. The number of H-pyrrole nitrogens is 1. The zero-order valence-corrected chi connectivity index (χ0v) is 17.3. The minimum absolute atomic E-state index is 0.332. The van der Waals surface area contributed by atoms with Gasteiger partial charge in [-0.15, -0.1) is 0 Å². The summed E-state index contributed by atoms with van der Waals surface area (Å²) in [6.45, 7) is 4.40. The maximum Gasteiger partial charge on any atom is 0.289 e. The molecule has 6 heteroatoms. The lowest BCUT2D eigenvalue weighted by Crippen LogP contribution is -2.18. The van der Waals surface area contributed by atoms with Crippen LogP contribution in [0.25, 0.3) is 11.3 Å². The van der Waals surface area contributed by atoms with Gasteiger partial charge in [-0.25, -0.2) is 5.43 Å². The summed E-state index contributed by atoms with van der Waals surface area (Å²) in [5.41, 5.74) is 7.90. The number of nitrogens with zero attached hydrogens (tertiary/aromatic N) is 3. The monoisotopic (exact) mass is 389 g/mol. The van der Waals surface area contributed by atoms with Crippen molar-refractivity contribution in [2.45, 2.75) is 20.3 Å². The van der Waals surface area contributed by atoms with E-state index < -0.39 is 0 Å². The van der Waals surface area contributed by atoms with Crippen LogP contribution in [0.5, 0.6) is 0 Å². The predicted molar refractivity (Wildman–Crippen MR) is 118 cm³/mol. The van der Waals surface area contributed by atoms with Crippen LogP contribution in [0, 0.1) is 5.92 Å². The van der Waals surface area contributed by atoms with Crippen LogP contribution in [-0.2, 0) is 6.42 Å². The maximum atomic E-state index is 12.3. The van der Waals surface area contributed by atoms with Crippen LogP contribution in [0.15, 0.2) is 59.7 Å². The zero-order valence-electron chi connectivity index (χ0n) is 17.3. The van der Waals surface area contributed by atoms with Crippen molar-refractivity contribution in [2.24, 2.45) is 11.0 Å². The molecule has 2 N–H and O–H groups in total. The third-order valence-electron chi connectivity index (χ3n) is 4.51. The molecule has 1 amide bonds. The Balaban J connectivity index is 1.60. The summed E-state index contributed by atoms with van der Waals surface area (Å²) in [5, 5.41) is 11.1. The first-order valence-electron chi connectivity index (χ1n) is 9.68. The van der Waals surface area contributed by atoms with Gasteiger partial charge in [0.05, 0.1) is 11.9 Å². The van der Waals surface area contributed by atoms with E-state index in [2.05, 4.69) is 46.7 Å². The molecule has 0 saturated heterocycles. The lowest BCUT2D eigenvalue weighted by molar-refractivity contribution is 0.0950. The van der Waals surface area contributed by atoms with Crippen LogP contribution < -0.4 is 10.3 Å². The van der Waals surface area contributed by atoms with Gasteiger partial charge in [0.2, 0.25) is 0 Å². The molecule has 3 rings (SSSR count).